The number of ether oxygens (including phenoxy) is 1. The summed E-state index contributed by atoms with van der Waals surface area (Å²) >= 11 is 5.02. The van der Waals surface area contributed by atoms with Gasteiger partial charge < -0.3 is 4.74 Å². The van der Waals surface area contributed by atoms with Gasteiger partial charge >= 0.3 is 0 Å². The third-order valence-corrected chi connectivity index (χ3v) is 0.971. The van der Waals surface area contributed by atoms with Crippen molar-refractivity contribution in [1.29, 1.82) is 0 Å². The zero-order valence-corrected chi connectivity index (χ0v) is 5.81. The predicted octanol–water partition coefficient (Wildman–Crippen LogP) is 0.790. The second-order valence-electron chi connectivity index (χ2n) is 1.45. The number of hydrogen-bond acceptors (Lipinski definition) is 2. The summed E-state index contributed by atoms with van der Waals surface area (Å²) < 4.78 is 4.67. The third-order valence-electron chi connectivity index (χ3n) is 0.816. The van der Waals surface area contributed by atoms with Crippen LogP contribution in [0.3, 0.4) is 0 Å². The number of hydrogen-bond donors (Lipinski definition) is 0. The molecule has 50 valence electrons. The van der Waals surface area contributed by atoms with Crippen LogP contribution in [0.1, 0.15) is 6.42 Å². The SMILES string of the molecule is C#C[C@@H](CC(=O)Cl)OC. The molecule has 1 atom stereocenters. The van der Waals surface area contributed by atoms with E-state index in [0.29, 0.717) is 0 Å². The lowest BCUT2D eigenvalue weighted by molar-refractivity contribution is -0.113. The minimum absolute atomic E-state index is 0.0779. The molecule has 2 nitrogen and oxygen atoms in total. The van der Waals surface area contributed by atoms with Crippen molar-refractivity contribution >= 4 is 16.8 Å². The predicted molar refractivity (Wildman–Crippen MR) is 35.1 cm³/mol. The molecule has 0 radical (unpaired) electrons. The molecule has 0 bridgehead atoms. The fraction of sp³-hybridized carbons (Fsp3) is 0.500. The first kappa shape index (κ1) is 8.48. The third kappa shape index (κ3) is 4.01. The van der Waals surface area contributed by atoms with Gasteiger partial charge in [0.25, 0.3) is 0 Å². The zero-order valence-electron chi connectivity index (χ0n) is 5.06. The van der Waals surface area contributed by atoms with E-state index in [1.165, 1.54) is 7.11 Å². The van der Waals surface area contributed by atoms with Crippen molar-refractivity contribution in [1.82, 2.24) is 0 Å². The molecule has 0 amide bonds. The highest BCUT2D eigenvalue weighted by molar-refractivity contribution is 6.63. The van der Waals surface area contributed by atoms with Crippen molar-refractivity contribution in [3.8, 4) is 12.3 Å². The number of carbonyl (C=O) groups is 1. The maximum absolute atomic E-state index is 10.2. The molecule has 0 saturated carbocycles. The van der Waals surface area contributed by atoms with Gasteiger partial charge in [-0.3, -0.25) is 4.79 Å². The molecule has 0 fully saturated rings. The van der Waals surface area contributed by atoms with E-state index in [0.717, 1.165) is 0 Å². The van der Waals surface area contributed by atoms with E-state index in [4.69, 9.17) is 18.0 Å². The lowest BCUT2D eigenvalue weighted by Crippen LogP contribution is -2.10. The Kier molecular flexibility index (Phi) is 4.12. The molecule has 0 unspecified atom stereocenters. The van der Waals surface area contributed by atoms with E-state index in [1.54, 1.807) is 0 Å². The number of methoxy groups -OCH3 is 1. The fourth-order valence-corrected chi connectivity index (χ4v) is 0.496. The normalized spacial score (nSPS) is 12.1. The van der Waals surface area contributed by atoms with Crippen LogP contribution in [0.2, 0.25) is 0 Å². The van der Waals surface area contributed by atoms with E-state index < -0.39 is 11.3 Å². The smallest absolute Gasteiger partial charge is 0.225 e. The van der Waals surface area contributed by atoms with Gasteiger partial charge in [0, 0.05) is 7.11 Å². The maximum Gasteiger partial charge on any atom is 0.225 e. The quantitative estimate of drug-likeness (QED) is 0.435. The van der Waals surface area contributed by atoms with Gasteiger partial charge in [-0.25, -0.2) is 0 Å². The summed E-state index contributed by atoms with van der Waals surface area (Å²) in [4.78, 5) is 10.2. The highest BCUT2D eigenvalue weighted by Gasteiger charge is 2.06. The van der Waals surface area contributed by atoms with Crippen LogP contribution in [0.4, 0.5) is 0 Å². The van der Waals surface area contributed by atoms with E-state index in [9.17, 15) is 4.79 Å². The molecule has 0 spiro atoms. The standard InChI is InChI=1S/C6H7ClO2/c1-3-5(9-2)4-6(7)8/h1,5H,4H2,2H3/t5-/m0/s1. The second-order valence-corrected chi connectivity index (χ2v) is 1.87. The van der Waals surface area contributed by atoms with Crippen LogP contribution >= 0.6 is 11.6 Å². The van der Waals surface area contributed by atoms with Crippen LogP contribution in [0, 0.1) is 12.3 Å². The van der Waals surface area contributed by atoms with Gasteiger partial charge in [0.15, 0.2) is 0 Å². The van der Waals surface area contributed by atoms with Crippen LogP contribution in [-0.2, 0) is 9.53 Å². The largest absolute Gasteiger partial charge is 0.368 e. The molecule has 0 aromatic carbocycles. The van der Waals surface area contributed by atoms with E-state index in [-0.39, 0.29) is 6.42 Å². The first-order valence-corrected chi connectivity index (χ1v) is 2.75. The van der Waals surface area contributed by atoms with Crippen molar-refractivity contribution in [3.05, 3.63) is 0 Å². The number of carbonyl (C=O) groups excluding carboxylic acids is 1. The first-order chi connectivity index (χ1) is 4.20. The Balaban J connectivity index is 3.60. The van der Waals surface area contributed by atoms with Crippen molar-refractivity contribution in [2.24, 2.45) is 0 Å². The summed E-state index contributed by atoms with van der Waals surface area (Å²) in [7, 11) is 1.43. The van der Waals surface area contributed by atoms with Crippen LogP contribution < -0.4 is 0 Å². The molecule has 0 N–H and O–H groups in total. The highest BCUT2D eigenvalue weighted by Crippen LogP contribution is 1.97. The topological polar surface area (TPSA) is 26.3 Å². The molecule has 0 aliphatic carbocycles. The van der Waals surface area contributed by atoms with E-state index in [1.807, 2.05) is 0 Å². The molecule has 0 heterocycles. The van der Waals surface area contributed by atoms with Gasteiger partial charge in [-0.2, -0.15) is 0 Å². The summed E-state index contributed by atoms with van der Waals surface area (Å²) in [6.45, 7) is 0. The Hall–Kier alpha value is -0.520. The van der Waals surface area contributed by atoms with Crippen LogP contribution in [0.15, 0.2) is 0 Å². The maximum atomic E-state index is 10.2. The lowest BCUT2D eigenvalue weighted by atomic mass is 10.3. The van der Waals surface area contributed by atoms with Crippen molar-refractivity contribution in [2.45, 2.75) is 12.5 Å². The van der Waals surface area contributed by atoms with Gasteiger partial charge in [-0.1, -0.05) is 5.92 Å². The molecule has 0 rings (SSSR count). The van der Waals surface area contributed by atoms with Crippen LogP contribution in [0.5, 0.6) is 0 Å². The van der Waals surface area contributed by atoms with E-state index in [2.05, 4.69) is 10.7 Å². The Morgan fingerprint density at radius 1 is 2.00 bits per heavy atom. The summed E-state index contributed by atoms with van der Waals surface area (Å²) in [5, 5.41) is -0.472. The molecule has 0 aromatic rings. The Morgan fingerprint density at radius 2 is 2.56 bits per heavy atom. The molecule has 0 aromatic heterocycles. The molecule has 3 heteroatoms. The molecule has 9 heavy (non-hydrogen) atoms. The second kappa shape index (κ2) is 4.37. The van der Waals surface area contributed by atoms with Crippen molar-refractivity contribution < 1.29 is 9.53 Å². The molecule has 0 aliphatic heterocycles. The van der Waals surface area contributed by atoms with Gasteiger partial charge in [-0.05, 0) is 11.6 Å². The minimum Gasteiger partial charge on any atom is -0.368 e. The summed E-state index contributed by atoms with van der Waals surface area (Å²) in [5.74, 6) is 2.26. The Morgan fingerprint density at radius 3 is 2.67 bits per heavy atom. The number of terminal acetylenes is 1. The van der Waals surface area contributed by atoms with Gasteiger partial charge in [0.1, 0.15) is 6.10 Å². The van der Waals surface area contributed by atoms with Gasteiger partial charge in [-0.15, -0.1) is 6.42 Å². The average molecular weight is 147 g/mol. The molecular weight excluding hydrogens is 140 g/mol. The average Bonchev–Trinajstić information content (AvgIpc) is 1.82. The summed E-state index contributed by atoms with van der Waals surface area (Å²) in [6.07, 6.45) is 4.55. The molecular formula is C6H7ClO2. The van der Waals surface area contributed by atoms with Gasteiger partial charge in [0.2, 0.25) is 5.24 Å². The molecule has 0 saturated heterocycles. The Labute approximate surface area is 59.1 Å². The monoisotopic (exact) mass is 146 g/mol. The Bertz CT molecular complexity index is 136. The fourth-order valence-electron chi connectivity index (χ4n) is 0.356. The van der Waals surface area contributed by atoms with Crippen molar-refractivity contribution in [2.75, 3.05) is 7.11 Å². The van der Waals surface area contributed by atoms with Crippen molar-refractivity contribution in [3.63, 3.8) is 0 Å². The minimum atomic E-state index is -0.477. The lowest BCUT2D eigenvalue weighted by Gasteiger charge is -2.02. The number of halogens is 1. The van der Waals surface area contributed by atoms with E-state index >= 15 is 0 Å². The van der Waals surface area contributed by atoms with Gasteiger partial charge in [0.05, 0.1) is 6.42 Å². The summed E-state index contributed by atoms with van der Waals surface area (Å²) in [5.41, 5.74) is 0. The molecule has 0 aliphatic rings. The summed E-state index contributed by atoms with van der Waals surface area (Å²) in [6, 6.07) is 0. The zero-order chi connectivity index (χ0) is 7.28. The van der Waals surface area contributed by atoms with Crippen LogP contribution in [0.25, 0.3) is 0 Å². The first-order valence-electron chi connectivity index (χ1n) is 2.38. The number of rotatable bonds is 3. The van der Waals surface area contributed by atoms with Crippen LogP contribution in [-0.4, -0.2) is 18.5 Å². The highest BCUT2D eigenvalue weighted by atomic mass is 35.5.